The van der Waals surface area contributed by atoms with Crippen molar-refractivity contribution in [2.24, 2.45) is 39.5 Å². The minimum absolute atomic E-state index is 0.446. The molecule has 0 aromatic rings. The van der Waals surface area contributed by atoms with Crippen LogP contribution in [0.2, 0.25) is 0 Å². The van der Waals surface area contributed by atoms with E-state index in [-0.39, 0.29) is 0 Å². The molecule has 0 aliphatic heterocycles. The van der Waals surface area contributed by atoms with Gasteiger partial charge in [-0.3, -0.25) is 4.99 Å². The summed E-state index contributed by atoms with van der Waals surface area (Å²) in [5.41, 5.74) is 5.47. The van der Waals surface area contributed by atoms with Crippen molar-refractivity contribution in [2.45, 2.75) is 97.9 Å². The standard InChI is InChI=1S/C30H48N2/c1-7-8-18-31-22(3)15-19-32-23(4)26-11-12-27-25-10-9-24-20-21(2)13-16-29(24,5)28(25)14-17-30(26,27)6/h7,20,22,25-28,31H,1-2,8-19H2,3-6H3. The summed E-state index contributed by atoms with van der Waals surface area (Å²) in [5.74, 6) is 3.43. The first-order valence-electron chi connectivity index (χ1n) is 13.5. The monoisotopic (exact) mass is 436 g/mol. The summed E-state index contributed by atoms with van der Waals surface area (Å²) in [5, 5.41) is 3.59. The average Bonchev–Trinajstić information content (AvgIpc) is 3.11. The molecule has 0 heterocycles. The molecule has 2 nitrogen and oxygen atoms in total. The van der Waals surface area contributed by atoms with Crippen LogP contribution in [-0.4, -0.2) is 24.8 Å². The van der Waals surface area contributed by atoms with E-state index in [0.29, 0.717) is 22.8 Å². The number of nitrogens with zero attached hydrogens (tertiary/aromatic N) is 1. The zero-order valence-electron chi connectivity index (χ0n) is 21.4. The van der Waals surface area contributed by atoms with Gasteiger partial charge >= 0.3 is 0 Å². The molecule has 32 heavy (non-hydrogen) atoms. The zero-order valence-corrected chi connectivity index (χ0v) is 21.4. The van der Waals surface area contributed by atoms with E-state index < -0.39 is 0 Å². The molecule has 0 aromatic heterocycles. The van der Waals surface area contributed by atoms with Gasteiger partial charge in [0.05, 0.1) is 0 Å². The first kappa shape index (κ1) is 24.0. The van der Waals surface area contributed by atoms with Gasteiger partial charge in [0.2, 0.25) is 0 Å². The van der Waals surface area contributed by atoms with Gasteiger partial charge in [0.1, 0.15) is 0 Å². The molecule has 0 radical (unpaired) electrons. The van der Waals surface area contributed by atoms with Gasteiger partial charge in [-0.05, 0) is 113 Å². The second-order valence-corrected chi connectivity index (χ2v) is 12.1. The van der Waals surface area contributed by atoms with Crippen molar-refractivity contribution in [1.29, 1.82) is 0 Å². The van der Waals surface area contributed by atoms with Gasteiger partial charge in [0.15, 0.2) is 0 Å². The minimum Gasteiger partial charge on any atom is -0.314 e. The molecule has 4 aliphatic carbocycles. The van der Waals surface area contributed by atoms with E-state index in [9.17, 15) is 0 Å². The Balaban J connectivity index is 1.41. The Kier molecular flexibility index (Phi) is 7.20. The molecule has 0 amide bonds. The Morgan fingerprint density at radius 2 is 2.00 bits per heavy atom. The Hall–Kier alpha value is -1.15. The zero-order chi connectivity index (χ0) is 22.9. The number of hydrogen-bond donors (Lipinski definition) is 1. The largest absolute Gasteiger partial charge is 0.314 e. The van der Waals surface area contributed by atoms with Crippen molar-refractivity contribution in [3.05, 3.63) is 36.5 Å². The van der Waals surface area contributed by atoms with Crippen LogP contribution in [0.3, 0.4) is 0 Å². The first-order valence-corrected chi connectivity index (χ1v) is 13.5. The Morgan fingerprint density at radius 3 is 2.78 bits per heavy atom. The molecule has 4 aliphatic rings. The van der Waals surface area contributed by atoms with E-state index in [1.165, 1.54) is 62.7 Å². The van der Waals surface area contributed by atoms with E-state index in [2.05, 4.69) is 52.2 Å². The number of rotatable bonds is 8. The molecule has 4 rings (SSSR count). The van der Waals surface area contributed by atoms with Crippen LogP contribution >= 0.6 is 0 Å². The third-order valence-corrected chi connectivity index (χ3v) is 10.3. The lowest BCUT2D eigenvalue weighted by molar-refractivity contribution is -0.0417. The molecule has 3 saturated carbocycles. The first-order chi connectivity index (χ1) is 15.3. The maximum Gasteiger partial charge on any atom is 0.0403 e. The van der Waals surface area contributed by atoms with Crippen molar-refractivity contribution in [2.75, 3.05) is 13.1 Å². The van der Waals surface area contributed by atoms with Crippen molar-refractivity contribution >= 4 is 5.71 Å². The SMILES string of the molecule is C=CCCNC(C)CCN=C(C)C1CCC2C3CCC4=CC(=C)CCC4(C)C3CCC12C. The fourth-order valence-corrected chi connectivity index (χ4v) is 8.41. The molecule has 2 heteroatoms. The minimum atomic E-state index is 0.446. The molecule has 0 spiro atoms. The summed E-state index contributed by atoms with van der Waals surface area (Å²) >= 11 is 0. The van der Waals surface area contributed by atoms with Crippen LogP contribution in [0.25, 0.3) is 0 Å². The Morgan fingerprint density at radius 1 is 1.19 bits per heavy atom. The van der Waals surface area contributed by atoms with Gasteiger partial charge < -0.3 is 5.32 Å². The quantitative estimate of drug-likeness (QED) is 0.237. The molecule has 178 valence electrons. The predicted molar refractivity (Wildman–Crippen MR) is 139 cm³/mol. The third kappa shape index (κ3) is 4.33. The van der Waals surface area contributed by atoms with Crippen LogP contribution in [0.5, 0.6) is 0 Å². The lowest BCUT2D eigenvalue weighted by atomic mass is 9.46. The van der Waals surface area contributed by atoms with Gasteiger partial charge in [-0.1, -0.05) is 43.7 Å². The smallest absolute Gasteiger partial charge is 0.0403 e. The highest BCUT2D eigenvalue weighted by Crippen LogP contribution is 2.67. The van der Waals surface area contributed by atoms with Crippen molar-refractivity contribution in [3.8, 4) is 0 Å². The van der Waals surface area contributed by atoms with Gasteiger partial charge in [0.25, 0.3) is 0 Å². The van der Waals surface area contributed by atoms with Crippen LogP contribution in [-0.2, 0) is 0 Å². The molecule has 7 atom stereocenters. The molecule has 1 N–H and O–H groups in total. The topological polar surface area (TPSA) is 24.4 Å². The maximum absolute atomic E-state index is 5.14. The van der Waals surface area contributed by atoms with Crippen LogP contribution in [0.1, 0.15) is 91.9 Å². The van der Waals surface area contributed by atoms with E-state index in [4.69, 9.17) is 4.99 Å². The summed E-state index contributed by atoms with van der Waals surface area (Å²) in [6.07, 6.45) is 17.5. The second-order valence-electron chi connectivity index (χ2n) is 12.1. The number of allylic oxidation sites excluding steroid dienone is 3. The van der Waals surface area contributed by atoms with Gasteiger partial charge in [-0.2, -0.15) is 0 Å². The highest BCUT2D eigenvalue weighted by atomic mass is 14.9. The van der Waals surface area contributed by atoms with Crippen LogP contribution < -0.4 is 5.32 Å². The molecule has 0 bridgehead atoms. The van der Waals surface area contributed by atoms with Crippen LogP contribution in [0, 0.1) is 34.5 Å². The number of fused-ring (bicyclic) bond motifs is 5. The van der Waals surface area contributed by atoms with Crippen LogP contribution in [0.4, 0.5) is 0 Å². The normalized spacial score (nSPS) is 40.2. The number of nitrogens with one attached hydrogen (secondary N) is 1. The molecular formula is C30H48N2. The highest BCUT2D eigenvalue weighted by molar-refractivity contribution is 5.85. The molecule has 3 fully saturated rings. The summed E-state index contributed by atoms with van der Waals surface area (Å²) in [7, 11) is 0. The highest BCUT2D eigenvalue weighted by Gasteiger charge is 2.59. The summed E-state index contributed by atoms with van der Waals surface area (Å²) in [4.78, 5) is 5.14. The molecule has 0 saturated heterocycles. The van der Waals surface area contributed by atoms with Crippen LogP contribution in [0.15, 0.2) is 41.4 Å². The van der Waals surface area contributed by atoms with E-state index >= 15 is 0 Å². The van der Waals surface area contributed by atoms with E-state index in [1.54, 1.807) is 5.57 Å². The van der Waals surface area contributed by atoms with Gasteiger partial charge in [-0.25, -0.2) is 0 Å². The van der Waals surface area contributed by atoms with Crippen molar-refractivity contribution in [3.63, 3.8) is 0 Å². The van der Waals surface area contributed by atoms with E-state index in [1.807, 2.05) is 6.08 Å². The Bertz CT molecular complexity index is 776. The molecular weight excluding hydrogens is 388 g/mol. The molecule has 0 aromatic carbocycles. The fraction of sp³-hybridized carbons (Fsp3) is 0.767. The number of hydrogen-bond acceptors (Lipinski definition) is 2. The Labute approximate surface area is 198 Å². The maximum atomic E-state index is 5.14. The molecule has 7 unspecified atom stereocenters. The second kappa shape index (κ2) is 9.61. The van der Waals surface area contributed by atoms with Gasteiger partial charge in [-0.15, -0.1) is 6.58 Å². The summed E-state index contributed by atoms with van der Waals surface area (Å²) < 4.78 is 0. The van der Waals surface area contributed by atoms with Gasteiger partial charge in [0, 0.05) is 24.2 Å². The number of aliphatic imine (C=N–C) groups is 1. The predicted octanol–water partition coefficient (Wildman–Crippen LogP) is 7.53. The van der Waals surface area contributed by atoms with Crippen molar-refractivity contribution < 1.29 is 0 Å². The van der Waals surface area contributed by atoms with Crippen molar-refractivity contribution in [1.82, 2.24) is 5.32 Å². The summed E-state index contributed by atoms with van der Waals surface area (Å²) in [6, 6.07) is 0.533. The van der Waals surface area contributed by atoms with E-state index in [0.717, 1.165) is 43.7 Å². The average molecular weight is 437 g/mol. The lowest BCUT2D eigenvalue weighted by Crippen LogP contribution is -2.50. The lowest BCUT2D eigenvalue weighted by Gasteiger charge is -2.58. The fourth-order valence-electron chi connectivity index (χ4n) is 8.41. The summed E-state index contributed by atoms with van der Waals surface area (Å²) in [6.45, 7) is 20.0. The third-order valence-electron chi connectivity index (χ3n) is 10.3.